The standard InChI is InChI=1S/C28H26N2O2/c1-20-11-12-21(2)27(17-20)31-16-15-30-26-10-6-5-9-25(26)29-28(30)19-32-24-14-13-22-7-3-4-8-23(22)18-24/h3-14,17-18H,15-16,19H2,1-2H3. The van der Waals surface area contributed by atoms with Crippen molar-refractivity contribution >= 4 is 21.8 Å². The summed E-state index contributed by atoms with van der Waals surface area (Å²) in [6.45, 7) is 5.82. The zero-order valence-electron chi connectivity index (χ0n) is 18.4. The van der Waals surface area contributed by atoms with Crippen molar-refractivity contribution in [2.24, 2.45) is 0 Å². The van der Waals surface area contributed by atoms with Gasteiger partial charge in [-0.05, 0) is 66.1 Å². The molecule has 32 heavy (non-hydrogen) atoms. The van der Waals surface area contributed by atoms with E-state index in [4.69, 9.17) is 14.5 Å². The minimum Gasteiger partial charge on any atom is -0.491 e. The van der Waals surface area contributed by atoms with E-state index in [1.807, 2.05) is 36.4 Å². The van der Waals surface area contributed by atoms with E-state index in [0.717, 1.165) is 33.9 Å². The van der Waals surface area contributed by atoms with Gasteiger partial charge in [0, 0.05) is 0 Å². The lowest BCUT2D eigenvalue weighted by Crippen LogP contribution is -2.13. The van der Waals surface area contributed by atoms with E-state index in [1.54, 1.807) is 0 Å². The Morgan fingerprint density at radius 2 is 1.59 bits per heavy atom. The first-order valence-electron chi connectivity index (χ1n) is 10.9. The highest BCUT2D eigenvalue weighted by Crippen LogP contribution is 2.23. The van der Waals surface area contributed by atoms with E-state index < -0.39 is 0 Å². The fourth-order valence-corrected chi connectivity index (χ4v) is 4.00. The summed E-state index contributed by atoms with van der Waals surface area (Å²) in [6.07, 6.45) is 0. The van der Waals surface area contributed by atoms with Crippen molar-refractivity contribution in [1.29, 1.82) is 0 Å². The highest BCUT2D eigenvalue weighted by Gasteiger charge is 2.12. The lowest BCUT2D eigenvalue weighted by atomic mass is 10.1. The van der Waals surface area contributed by atoms with E-state index in [9.17, 15) is 0 Å². The van der Waals surface area contributed by atoms with Crippen molar-refractivity contribution in [3.63, 3.8) is 0 Å². The van der Waals surface area contributed by atoms with E-state index >= 15 is 0 Å². The van der Waals surface area contributed by atoms with E-state index in [2.05, 4.69) is 66.9 Å². The Kier molecular flexibility index (Phi) is 5.51. The van der Waals surface area contributed by atoms with Crippen molar-refractivity contribution in [3.8, 4) is 11.5 Å². The molecule has 1 heterocycles. The number of imidazole rings is 1. The highest BCUT2D eigenvalue weighted by molar-refractivity contribution is 5.83. The molecule has 0 saturated carbocycles. The van der Waals surface area contributed by atoms with Gasteiger partial charge < -0.3 is 14.0 Å². The van der Waals surface area contributed by atoms with Crippen LogP contribution in [0.25, 0.3) is 21.8 Å². The molecule has 4 aromatic carbocycles. The summed E-state index contributed by atoms with van der Waals surface area (Å²) in [5.41, 5.74) is 4.40. The first-order chi connectivity index (χ1) is 15.7. The van der Waals surface area contributed by atoms with Crippen LogP contribution >= 0.6 is 0 Å². The molecule has 5 aromatic rings. The van der Waals surface area contributed by atoms with Gasteiger partial charge in [-0.25, -0.2) is 4.98 Å². The normalized spacial score (nSPS) is 11.2. The second-order valence-corrected chi connectivity index (χ2v) is 8.08. The molecule has 5 rings (SSSR count). The molecule has 0 N–H and O–H groups in total. The number of para-hydroxylation sites is 2. The average Bonchev–Trinajstić information content (AvgIpc) is 3.17. The highest BCUT2D eigenvalue weighted by atomic mass is 16.5. The van der Waals surface area contributed by atoms with Gasteiger partial charge in [-0.15, -0.1) is 0 Å². The lowest BCUT2D eigenvalue weighted by Gasteiger charge is -2.13. The number of hydrogen-bond donors (Lipinski definition) is 0. The smallest absolute Gasteiger partial charge is 0.148 e. The van der Waals surface area contributed by atoms with Gasteiger partial charge in [0.2, 0.25) is 0 Å². The molecule has 0 aliphatic rings. The molecule has 0 fully saturated rings. The van der Waals surface area contributed by atoms with Crippen LogP contribution < -0.4 is 9.47 Å². The Bertz CT molecular complexity index is 1390. The molecule has 1 aromatic heterocycles. The van der Waals surface area contributed by atoms with Crippen molar-refractivity contribution < 1.29 is 9.47 Å². The van der Waals surface area contributed by atoms with E-state index in [-0.39, 0.29) is 0 Å². The average molecular weight is 423 g/mol. The van der Waals surface area contributed by atoms with Crippen LogP contribution in [0.15, 0.2) is 84.9 Å². The minimum absolute atomic E-state index is 0.399. The second-order valence-electron chi connectivity index (χ2n) is 8.08. The summed E-state index contributed by atoms with van der Waals surface area (Å²) in [4.78, 5) is 4.83. The predicted octanol–water partition coefficient (Wildman–Crippen LogP) is 6.46. The zero-order valence-corrected chi connectivity index (χ0v) is 18.4. The van der Waals surface area contributed by atoms with Gasteiger partial charge in [0.1, 0.15) is 30.5 Å². The maximum absolute atomic E-state index is 6.15. The maximum Gasteiger partial charge on any atom is 0.148 e. The van der Waals surface area contributed by atoms with Gasteiger partial charge in [-0.1, -0.05) is 54.6 Å². The lowest BCUT2D eigenvalue weighted by molar-refractivity contribution is 0.272. The number of nitrogens with zero attached hydrogens (tertiary/aromatic N) is 2. The fourth-order valence-electron chi connectivity index (χ4n) is 4.00. The summed E-state index contributed by atoms with van der Waals surface area (Å²) >= 11 is 0. The fraction of sp³-hybridized carbons (Fsp3) is 0.179. The molecule has 0 spiro atoms. The van der Waals surface area contributed by atoms with Crippen LogP contribution in [0.2, 0.25) is 0 Å². The van der Waals surface area contributed by atoms with Gasteiger partial charge in [-0.2, -0.15) is 0 Å². The Hall–Kier alpha value is -3.79. The maximum atomic E-state index is 6.15. The summed E-state index contributed by atoms with van der Waals surface area (Å²) in [7, 11) is 0. The first-order valence-corrected chi connectivity index (χ1v) is 10.9. The van der Waals surface area contributed by atoms with Crippen LogP contribution in [-0.2, 0) is 13.2 Å². The summed E-state index contributed by atoms with van der Waals surface area (Å²) in [5, 5.41) is 2.37. The van der Waals surface area contributed by atoms with Crippen molar-refractivity contribution in [3.05, 3.63) is 102 Å². The number of ether oxygens (including phenoxy) is 2. The third-order valence-corrected chi connectivity index (χ3v) is 5.74. The molecule has 0 aliphatic carbocycles. The predicted molar refractivity (Wildman–Crippen MR) is 129 cm³/mol. The molecule has 160 valence electrons. The molecule has 0 unspecified atom stereocenters. The van der Waals surface area contributed by atoms with Gasteiger partial charge in [-0.3, -0.25) is 0 Å². The number of fused-ring (bicyclic) bond motifs is 2. The SMILES string of the molecule is Cc1ccc(C)c(OCCn2c(COc3ccc4ccccc4c3)nc3ccccc32)c1. The zero-order chi connectivity index (χ0) is 21.9. The molecular formula is C28H26N2O2. The summed E-state index contributed by atoms with van der Waals surface area (Å²) < 4.78 is 14.5. The largest absolute Gasteiger partial charge is 0.491 e. The molecular weight excluding hydrogens is 396 g/mol. The number of benzene rings is 4. The topological polar surface area (TPSA) is 36.3 Å². The van der Waals surface area contributed by atoms with Gasteiger partial charge >= 0.3 is 0 Å². The molecule has 4 nitrogen and oxygen atoms in total. The van der Waals surface area contributed by atoms with Crippen LogP contribution in [0.5, 0.6) is 11.5 Å². The van der Waals surface area contributed by atoms with Crippen molar-refractivity contribution in [2.75, 3.05) is 6.61 Å². The van der Waals surface area contributed by atoms with Crippen LogP contribution in [0, 0.1) is 13.8 Å². The van der Waals surface area contributed by atoms with Gasteiger partial charge in [0.25, 0.3) is 0 Å². The quantitative estimate of drug-likeness (QED) is 0.302. The Morgan fingerprint density at radius 1 is 0.781 bits per heavy atom. The molecule has 0 amide bonds. The van der Waals surface area contributed by atoms with Crippen LogP contribution in [0.3, 0.4) is 0 Å². The van der Waals surface area contributed by atoms with Gasteiger partial charge in [0.05, 0.1) is 17.6 Å². The van der Waals surface area contributed by atoms with Crippen molar-refractivity contribution in [2.45, 2.75) is 27.0 Å². The monoisotopic (exact) mass is 422 g/mol. The van der Waals surface area contributed by atoms with Crippen LogP contribution in [0.1, 0.15) is 17.0 Å². The molecule has 0 atom stereocenters. The Labute approximate surface area is 188 Å². The molecule has 0 radical (unpaired) electrons. The number of aryl methyl sites for hydroxylation is 2. The molecule has 0 bridgehead atoms. The Morgan fingerprint density at radius 3 is 2.50 bits per heavy atom. The molecule has 0 saturated heterocycles. The third-order valence-electron chi connectivity index (χ3n) is 5.74. The van der Waals surface area contributed by atoms with Gasteiger partial charge in [0.15, 0.2) is 0 Å². The minimum atomic E-state index is 0.399. The first kappa shape index (κ1) is 20.1. The number of rotatable bonds is 7. The number of hydrogen-bond acceptors (Lipinski definition) is 3. The van der Waals surface area contributed by atoms with Crippen LogP contribution in [-0.4, -0.2) is 16.2 Å². The molecule has 4 heteroatoms. The third kappa shape index (κ3) is 4.17. The second kappa shape index (κ2) is 8.75. The van der Waals surface area contributed by atoms with Crippen LogP contribution in [0.4, 0.5) is 0 Å². The molecule has 0 aliphatic heterocycles. The Balaban J connectivity index is 1.35. The van der Waals surface area contributed by atoms with E-state index in [1.165, 1.54) is 16.3 Å². The van der Waals surface area contributed by atoms with Crippen molar-refractivity contribution in [1.82, 2.24) is 9.55 Å². The number of aromatic nitrogens is 2. The summed E-state index contributed by atoms with van der Waals surface area (Å²) in [6, 6.07) is 29.0. The summed E-state index contributed by atoms with van der Waals surface area (Å²) in [5.74, 6) is 2.67. The van der Waals surface area contributed by atoms with E-state index in [0.29, 0.717) is 19.8 Å².